The lowest BCUT2D eigenvalue weighted by Crippen LogP contribution is -2.66. The standard InChI is InChI=1S/C80H130N9O36P/c1-45(2)89(46(3)4)126(115-32-17-28-81)125-60-20-18-59(19-21-60)76(105)88-80(25-22-64(102)82-29-33-106-36-39-109-77-67(85-47(5)90)73(119-56(14)99)70(116-53(11)96)61(122-77)42-112-50(8)93,26-23-65(103)83-30-34-107-37-40-110-78-68(86-48(6)91)74(120-57(15)100)71(117-54(12)97)62(123-78)43-113-51(9)94)27-24-66(104)84-31-35-108-38-41-111-79-69(87-49(7)92)75(121-58(16)101)72(118-55(13)98)63(124-79)44-114-52(10)95/h28,45-46,59-63,67-75,77-79,81H,17-27,29-44H2,1-16H3,(H,82,102)(H,83,103)(H,84,104)(H,85,90)(H,86,91)(H,87,92)(H,88,105). The molecular weight excluding hydrogens is 1690 g/mol. The second-order valence-electron chi connectivity index (χ2n) is 30.6. The molecule has 0 spiro atoms. The van der Waals surface area contributed by atoms with Crippen molar-refractivity contribution in [2.24, 2.45) is 5.92 Å². The van der Waals surface area contributed by atoms with Gasteiger partial charge in [-0.25, -0.2) is 4.67 Å². The van der Waals surface area contributed by atoms with Crippen LogP contribution in [0, 0.1) is 11.3 Å². The maximum atomic E-state index is 15.0. The lowest BCUT2D eigenvalue weighted by Gasteiger charge is -2.44. The molecule has 4 rings (SSSR count). The molecule has 0 aromatic carbocycles. The van der Waals surface area contributed by atoms with Crippen molar-refractivity contribution in [3.05, 3.63) is 0 Å². The molecule has 16 unspecified atom stereocenters. The fourth-order valence-corrected chi connectivity index (χ4v) is 16.0. The zero-order valence-electron chi connectivity index (χ0n) is 74.7. The van der Waals surface area contributed by atoms with E-state index in [2.05, 4.69) is 41.9 Å². The van der Waals surface area contributed by atoms with Crippen molar-refractivity contribution < 1.29 is 171 Å². The average Bonchev–Trinajstić information content (AvgIpc) is 0.787. The number of nitrogens with zero attached hydrogens (tertiary/aromatic N) is 1. The number of carbonyl (C=O) groups is 16. The van der Waals surface area contributed by atoms with Crippen molar-refractivity contribution in [1.82, 2.24) is 41.9 Å². The van der Waals surface area contributed by atoms with Crippen LogP contribution in [0.4, 0.5) is 0 Å². The van der Waals surface area contributed by atoms with Gasteiger partial charge in [0.05, 0.1) is 72.2 Å². The molecule has 1 saturated carbocycles. The van der Waals surface area contributed by atoms with Gasteiger partial charge in [0.2, 0.25) is 41.4 Å². The Morgan fingerprint density at radius 1 is 0.405 bits per heavy atom. The fraction of sp³-hybridized carbons (Fsp3) is 0.787. The number of hydrogen-bond donors (Lipinski definition) is 8. The normalized spacial score (nSPS) is 24.7. The number of carbonyl (C=O) groups excluding carboxylic acids is 16. The van der Waals surface area contributed by atoms with E-state index in [4.69, 9.17) is 99.7 Å². The van der Waals surface area contributed by atoms with Gasteiger partial charge < -0.3 is 137 Å². The van der Waals surface area contributed by atoms with E-state index in [1.54, 1.807) is 0 Å². The Hall–Kier alpha value is -8.86. The molecule has 4 aliphatic rings. The molecule has 0 radical (unpaired) electrons. The minimum Gasteiger partial charge on any atom is -0.463 e. The van der Waals surface area contributed by atoms with Crippen LogP contribution in [0.25, 0.3) is 0 Å². The van der Waals surface area contributed by atoms with E-state index in [0.717, 1.165) is 62.3 Å². The summed E-state index contributed by atoms with van der Waals surface area (Å²) in [5, 5.41) is 27.1. The number of amides is 7. The number of esters is 9. The quantitative estimate of drug-likeness (QED) is 0.0136. The van der Waals surface area contributed by atoms with Gasteiger partial charge in [0.25, 0.3) is 8.53 Å². The zero-order valence-corrected chi connectivity index (χ0v) is 75.6. The topological polar surface area (TPSA) is 569 Å². The SMILES string of the molecule is CC(=O)NC1C(OCCOCCNC(=O)CCC(CCC(=O)NCCOCCOC2OC(COC(C)=O)C(OC(C)=O)C(OC(C)=O)C2NC(C)=O)(CCC(=O)NCCOCCOC2OC(COC(C)=O)C(OC(C)=O)C(OC(C)=O)C2NC(C)=O)NC(=O)C2CCC(OP(OCCC=N)N(C(C)C)C(C)C)CC2)OC(COC(C)=O)C(OC(C)=O)C1OC(C)=O. The molecule has 0 aromatic heterocycles. The molecular formula is C80H130N9O36P. The first-order chi connectivity index (χ1) is 59.6. The summed E-state index contributed by atoms with van der Waals surface area (Å²) in [6.07, 6.45) is -14.4. The van der Waals surface area contributed by atoms with Gasteiger partial charge in [-0.2, -0.15) is 0 Å². The molecule has 7 amide bonds. The van der Waals surface area contributed by atoms with Gasteiger partial charge in [0.1, 0.15) is 56.3 Å². The van der Waals surface area contributed by atoms with Crippen molar-refractivity contribution in [3.63, 3.8) is 0 Å². The minimum absolute atomic E-state index is 0.0369. The molecule has 4 fully saturated rings. The Bertz CT molecular complexity index is 3240. The van der Waals surface area contributed by atoms with Crippen LogP contribution in [0.3, 0.4) is 0 Å². The summed E-state index contributed by atoms with van der Waals surface area (Å²) in [5.74, 6) is -11.3. The highest BCUT2D eigenvalue weighted by Gasteiger charge is 2.55. The highest BCUT2D eigenvalue weighted by Crippen LogP contribution is 2.49. The minimum atomic E-state index is -1.58. The van der Waals surface area contributed by atoms with Crippen LogP contribution in [0.15, 0.2) is 0 Å². The first-order valence-corrected chi connectivity index (χ1v) is 43.0. The predicted molar refractivity (Wildman–Crippen MR) is 435 cm³/mol. The van der Waals surface area contributed by atoms with E-state index in [0.29, 0.717) is 32.1 Å². The van der Waals surface area contributed by atoms with Crippen molar-refractivity contribution in [1.29, 1.82) is 5.41 Å². The predicted octanol–water partition coefficient (Wildman–Crippen LogP) is 0.576. The summed E-state index contributed by atoms with van der Waals surface area (Å²) in [5.41, 5.74) is -1.46. The summed E-state index contributed by atoms with van der Waals surface area (Å²) in [7, 11) is -1.58. The molecule has 3 aliphatic heterocycles. The molecule has 0 aromatic rings. The van der Waals surface area contributed by atoms with Gasteiger partial charge in [0.15, 0.2) is 55.5 Å². The van der Waals surface area contributed by atoms with Gasteiger partial charge in [-0.3, -0.25) is 76.7 Å². The Labute approximate surface area is 733 Å². The van der Waals surface area contributed by atoms with E-state index < -0.39 is 227 Å². The summed E-state index contributed by atoms with van der Waals surface area (Å²) < 4.78 is 117. The molecule has 3 heterocycles. The lowest BCUT2D eigenvalue weighted by molar-refractivity contribution is -0.279. The molecule has 8 N–H and O–H groups in total. The van der Waals surface area contributed by atoms with E-state index >= 15 is 4.79 Å². The van der Waals surface area contributed by atoms with Crippen LogP contribution < -0.4 is 37.2 Å². The van der Waals surface area contributed by atoms with Crippen molar-refractivity contribution >= 4 is 110 Å². The van der Waals surface area contributed by atoms with E-state index in [1.165, 1.54) is 27.0 Å². The van der Waals surface area contributed by atoms with Crippen molar-refractivity contribution in [3.8, 4) is 0 Å². The first kappa shape index (κ1) is 109. The first-order valence-electron chi connectivity index (χ1n) is 41.9. The van der Waals surface area contributed by atoms with Crippen LogP contribution in [0.2, 0.25) is 0 Å². The van der Waals surface area contributed by atoms with Crippen LogP contribution in [0.1, 0.15) is 181 Å². The third-order valence-electron chi connectivity index (χ3n) is 19.3. The molecule has 3 saturated heterocycles. The molecule has 0 bridgehead atoms. The van der Waals surface area contributed by atoms with Crippen molar-refractivity contribution in [2.45, 2.75) is 297 Å². The van der Waals surface area contributed by atoms with Crippen LogP contribution in [-0.4, -0.2) is 327 Å². The Balaban J connectivity index is 1.60. The number of ether oxygens (including phenoxy) is 18. The Morgan fingerprint density at radius 2 is 0.706 bits per heavy atom. The summed E-state index contributed by atoms with van der Waals surface area (Å²) in [4.78, 5) is 205. The Morgan fingerprint density at radius 3 is 0.976 bits per heavy atom. The second kappa shape index (κ2) is 57.9. The Kier molecular flexibility index (Phi) is 50.3. The maximum Gasteiger partial charge on any atom is 0.303 e. The maximum absolute atomic E-state index is 15.0. The molecule has 16 atom stereocenters. The molecule has 1 aliphatic carbocycles. The van der Waals surface area contributed by atoms with Crippen LogP contribution in [0.5, 0.6) is 0 Å². The van der Waals surface area contributed by atoms with Gasteiger partial charge in [-0.15, -0.1) is 0 Å². The zero-order chi connectivity index (χ0) is 93.8. The third kappa shape index (κ3) is 41.5. The van der Waals surface area contributed by atoms with Gasteiger partial charge in [-0.05, 0) is 78.9 Å². The summed E-state index contributed by atoms with van der Waals surface area (Å²) in [6.45, 7) is 18.9. The van der Waals surface area contributed by atoms with Gasteiger partial charge >= 0.3 is 53.7 Å². The monoisotopic (exact) mass is 1820 g/mol. The second-order valence-corrected chi connectivity index (χ2v) is 32.0. The van der Waals surface area contributed by atoms with Gasteiger partial charge in [0, 0.05) is 152 Å². The summed E-state index contributed by atoms with van der Waals surface area (Å²) in [6, 6.07) is -3.69. The largest absolute Gasteiger partial charge is 0.463 e. The molecule has 716 valence electrons. The van der Waals surface area contributed by atoms with Crippen LogP contribution >= 0.6 is 8.53 Å². The molecule has 126 heavy (non-hydrogen) atoms. The van der Waals surface area contributed by atoms with Crippen LogP contribution in [-0.2, 0) is 171 Å². The highest BCUT2D eigenvalue weighted by molar-refractivity contribution is 7.44. The smallest absolute Gasteiger partial charge is 0.303 e. The number of hydrogen-bond acceptors (Lipinski definition) is 38. The summed E-state index contributed by atoms with van der Waals surface area (Å²) >= 11 is 0. The van der Waals surface area contributed by atoms with E-state index in [9.17, 15) is 71.9 Å². The lowest BCUT2D eigenvalue weighted by atomic mass is 9.81. The number of nitrogens with one attached hydrogen (secondary N) is 8. The van der Waals surface area contributed by atoms with E-state index in [-0.39, 0.29) is 142 Å². The average molecular weight is 1820 g/mol. The van der Waals surface area contributed by atoms with E-state index in [1.807, 2.05) is 27.7 Å². The highest BCUT2D eigenvalue weighted by atomic mass is 31.2. The third-order valence-corrected chi connectivity index (χ3v) is 21.5. The fourth-order valence-electron chi connectivity index (χ4n) is 14.2. The van der Waals surface area contributed by atoms with Crippen molar-refractivity contribution in [2.75, 3.05) is 106 Å². The number of rotatable bonds is 56. The molecule has 46 heteroatoms. The molecule has 45 nitrogen and oxygen atoms in total. The van der Waals surface area contributed by atoms with Gasteiger partial charge in [-0.1, -0.05) is 0 Å².